The Hall–Kier alpha value is -1.22. The van der Waals surface area contributed by atoms with Crippen LogP contribution in [0.1, 0.15) is 58.8 Å². The molecule has 2 fully saturated rings. The van der Waals surface area contributed by atoms with Crippen molar-refractivity contribution in [3.63, 3.8) is 0 Å². The minimum atomic E-state index is -0.331. The van der Waals surface area contributed by atoms with Gasteiger partial charge in [-0.2, -0.15) is 0 Å². The summed E-state index contributed by atoms with van der Waals surface area (Å²) in [6.07, 6.45) is 11.0. The molecule has 0 aliphatic heterocycles. The number of hydrogen-bond acceptors (Lipinski definition) is 3. The maximum absolute atomic E-state index is 12.2. The fourth-order valence-corrected chi connectivity index (χ4v) is 6.49. The van der Waals surface area contributed by atoms with Crippen LogP contribution in [0.2, 0.25) is 0 Å². The van der Waals surface area contributed by atoms with E-state index in [9.17, 15) is 14.7 Å². The third kappa shape index (κ3) is 2.06. The van der Waals surface area contributed by atoms with Gasteiger partial charge in [0.05, 0.1) is 0 Å². The Morgan fingerprint density at radius 2 is 2.00 bits per heavy atom. The minimum absolute atomic E-state index is 0.00747. The number of fused-ring (bicyclic) bond motifs is 5. The maximum atomic E-state index is 12.2. The molecule has 0 amide bonds. The second kappa shape index (κ2) is 5.39. The van der Waals surface area contributed by atoms with Gasteiger partial charge in [-0.3, -0.25) is 9.59 Å². The van der Waals surface area contributed by atoms with Crippen LogP contribution >= 0.6 is 0 Å². The standard InChI is InChI=1S/C21H28O3/c1-20-9-7-14(23)11-13(20)3-4-15-16-5-6-18(19(24)12-22)21(16,2)10-8-17(15)20/h5,11,15,17-18,22H,3-4,6-10,12H2,1-2H3/t15-,17-,18+,20-,21-/m0/s1. The topological polar surface area (TPSA) is 54.4 Å². The highest BCUT2D eigenvalue weighted by Gasteiger charge is 2.56. The van der Waals surface area contributed by atoms with E-state index >= 15 is 0 Å². The van der Waals surface area contributed by atoms with Crippen LogP contribution in [0.4, 0.5) is 0 Å². The number of allylic oxidation sites excluding steroid dienone is 4. The summed E-state index contributed by atoms with van der Waals surface area (Å²) in [5.41, 5.74) is 2.98. The first-order chi connectivity index (χ1) is 11.4. The molecule has 0 saturated heterocycles. The fraction of sp³-hybridized carbons (Fsp3) is 0.714. The molecule has 3 nitrogen and oxygen atoms in total. The molecule has 0 spiro atoms. The van der Waals surface area contributed by atoms with E-state index < -0.39 is 0 Å². The molecule has 1 N–H and O–H groups in total. The minimum Gasteiger partial charge on any atom is -0.389 e. The van der Waals surface area contributed by atoms with Crippen molar-refractivity contribution in [1.82, 2.24) is 0 Å². The van der Waals surface area contributed by atoms with Crippen LogP contribution in [-0.2, 0) is 9.59 Å². The molecule has 0 unspecified atom stereocenters. The average molecular weight is 328 g/mol. The normalized spacial score (nSPS) is 44.1. The zero-order chi connectivity index (χ0) is 17.1. The monoisotopic (exact) mass is 328 g/mol. The first-order valence-electron chi connectivity index (χ1n) is 9.48. The lowest BCUT2D eigenvalue weighted by Crippen LogP contribution is -2.48. The van der Waals surface area contributed by atoms with E-state index in [1.54, 1.807) is 0 Å². The summed E-state index contributed by atoms with van der Waals surface area (Å²) in [5.74, 6) is 1.43. The van der Waals surface area contributed by atoms with Crippen LogP contribution < -0.4 is 0 Å². The highest BCUT2D eigenvalue weighted by molar-refractivity contribution is 5.91. The van der Waals surface area contributed by atoms with Crippen molar-refractivity contribution in [3.05, 3.63) is 23.3 Å². The molecule has 4 rings (SSSR count). The summed E-state index contributed by atoms with van der Waals surface area (Å²) in [7, 11) is 0. The van der Waals surface area contributed by atoms with Gasteiger partial charge in [-0.15, -0.1) is 0 Å². The van der Waals surface area contributed by atoms with Crippen LogP contribution in [0, 0.1) is 28.6 Å². The smallest absolute Gasteiger partial charge is 0.162 e. The lowest BCUT2D eigenvalue weighted by molar-refractivity contribution is -0.129. The number of rotatable bonds is 2. The Morgan fingerprint density at radius 1 is 1.21 bits per heavy atom. The SMILES string of the molecule is C[C@]12CC[C@H]3[C@@H](CCC4=CC(=O)CC[C@@]43C)C1=CC[C@@H]2C(=O)CO. The van der Waals surface area contributed by atoms with Crippen LogP contribution in [0.25, 0.3) is 0 Å². The van der Waals surface area contributed by atoms with E-state index in [0.29, 0.717) is 24.0 Å². The largest absolute Gasteiger partial charge is 0.389 e. The molecule has 0 aromatic heterocycles. The van der Waals surface area contributed by atoms with Crippen molar-refractivity contribution < 1.29 is 14.7 Å². The molecule has 0 radical (unpaired) electrons. The number of carbonyl (C=O) groups excluding carboxylic acids is 2. The van der Waals surface area contributed by atoms with E-state index in [1.807, 2.05) is 6.08 Å². The van der Waals surface area contributed by atoms with Crippen molar-refractivity contribution >= 4 is 11.6 Å². The summed E-state index contributed by atoms with van der Waals surface area (Å²) in [6, 6.07) is 0. The Kier molecular flexibility index (Phi) is 3.65. The van der Waals surface area contributed by atoms with E-state index in [1.165, 1.54) is 11.1 Å². The van der Waals surface area contributed by atoms with Gasteiger partial charge in [0, 0.05) is 12.3 Å². The number of hydrogen-bond donors (Lipinski definition) is 1. The van der Waals surface area contributed by atoms with Crippen LogP contribution in [0.15, 0.2) is 23.3 Å². The van der Waals surface area contributed by atoms with E-state index in [4.69, 9.17) is 0 Å². The van der Waals surface area contributed by atoms with Gasteiger partial charge in [0.2, 0.25) is 0 Å². The van der Waals surface area contributed by atoms with Crippen molar-refractivity contribution in [3.8, 4) is 0 Å². The number of aliphatic hydroxyl groups is 1. The molecule has 130 valence electrons. The van der Waals surface area contributed by atoms with Gasteiger partial charge in [0.15, 0.2) is 11.6 Å². The molecule has 0 heterocycles. The zero-order valence-corrected chi connectivity index (χ0v) is 14.8. The van der Waals surface area contributed by atoms with Crippen molar-refractivity contribution in [2.75, 3.05) is 6.61 Å². The summed E-state index contributed by atoms with van der Waals surface area (Å²) in [4.78, 5) is 24.1. The van der Waals surface area contributed by atoms with E-state index in [0.717, 1.165) is 38.5 Å². The number of Topliss-reactive ketones (excluding diaryl/α,β-unsaturated/α-hetero) is 1. The van der Waals surface area contributed by atoms with Gasteiger partial charge < -0.3 is 5.11 Å². The first kappa shape index (κ1) is 16.3. The summed E-state index contributed by atoms with van der Waals surface area (Å²) < 4.78 is 0. The maximum Gasteiger partial charge on any atom is 0.162 e. The molecule has 3 heteroatoms. The molecule has 0 aromatic rings. The van der Waals surface area contributed by atoms with Crippen LogP contribution in [-0.4, -0.2) is 23.3 Å². The first-order valence-corrected chi connectivity index (χ1v) is 9.48. The van der Waals surface area contributed by atoms with Crippen LogP contribution in [0.3, 0.4) is 0 Å². The van der Waals surface area contributed by atoms with Gasteiger partial charge in [-0.1, -0.05) is 31.1 Å². The average Bonchev–Trinajstić information content (AvgIpc) is 2.92. The number of aliphatic hydroxyl groups excluding tert-OH is 1. The van der Waals surface area contributed by atoms with Gasteiger partial charge >= 0.3 is 0 Å². The zero-order valence-electron chi connectivity index (χ0n) is 14.8. The Morgan fingerprint density at radius 3 is 2.75 bits per heavy atom. The van der Waals surface area contributed by atoms with Gasteiger partial charge in [0.25, 0.3) is 0 Å². The van der Waals surface area contributed by atoms with Gasteiger partial charge in [0.1, 0.15) is 6.61 Å². The van der Waals surface area contributed by atoms with Crippen molar-refractivity contribution in [1.29, 1.82) is 0 Å². The molecule has 4 aliphatic carbocycles. The molecule has 4 aliphatic rings. The van der Waals surface area contributed by atoms with Crippen LogP contribution in [0.5, 0.6) is 0 Å². The summed E-state index contributed by atoms with van der Waals surface area (Å²) >= 11 is 0. The van der Waals surface area contributed by atoms with Gasteiger partial charge in [-0.25, -0.2) is 0 Å². The quantitative estimate of drug-likeness (QED) is 0.788. The van der Waals surface area contributed by atoms with Crippen molar-refractivity contribution in [2.45, 2.75) is 58.8 Å². The Bertz CT molecular complexity index is 658. The molecular weight excluding hydrogens is 300 g/mol. The molecule has 24 heavy (non-hydrogen) atoms. The predicted octanol–water partition coefficient (Wildman–Crippen LogP) is 3.62. The third-order valence-electron chi connectivity index (χ3n) is 7.91. The fourth-order valence-electron chi connectivity index (χ4n) is 6.49. The van der Waals surface area contributed by atoms with Gasteiger partial charge in [-0.05, 0) is 67.3 Å². The van der Waals surface area contributed by atoms with E-state index in [-0.39, 0.29) is 29.1 Å². The molecular formula is C21H28O3. The number of carbonyl (C=O) groups is 2. The molecule has 0 aromatic carbocycles. The molecule has 5 atom stereocenters. The van der Waals surface area contributed by atoms with E-state index in [2.05, 4.69) is 19.9 Å². The summed E-state index contributed by atoms with van der Waals surface area (Å²) in [5, 5.41) is 9.34. The Balaban J connectivity index is 1.67. The number of ketones is 2. The third-order valence-corrected chi connectivity index (χ3v) is 7.91. The second-order valence-electron chi connectivity index (χ2n) is 8.83. The highest BCUT2D eigenvalue weighted by Crippen LogP contribution is 2.64. The summed E-state index contributed by atoms with van der Waals surface area (Å²) in [6.45, 7) is 4.29. The van der Waals surface area contributed by atoms with Crippen molar-refractivity contribution in [2.24, 2.45) is 28.6 Å². The molecule has 2 saturated carbocycles. The highest BCUT2D eigenvalue weighted by atomic mass is 16.3. The lowest BCUT2D eigenvalue weighted by atomic mass is 9.48. The molecule has 0 bridgehead atoms. The predicted molar refractivity (Wildman–Crippen MR) is 92.3 cm³/mol. The Labute approximate surface area is 144 Å². The second-order valence-corrected chi connectivity index (χ2v) is 8.83. The lowest BCUT2D eigenvalue weighted by Gasteiger charge is -2.56.